The van der Waals surface area contributed by atoms with E-state index in [4.69, 9.17) is 4.74 Å². The highest BCUT2D eigenvalue weighted by atomic mass is 16.5. The lowest BCUT2D eigenvalue weighted by atomic mass is 9.92. The molecule has 1 amide bonds. The number of hydrogen-bond donors (Lipinski definition) is 3. The third-order valence-corrected chi connectivity index (χ3v) is 5.31. The molecule has 7 nitrogen and oxygen atoms in total. The van der Waals surface area contributed by atoms with E-state index in [1.54, 1.807) is 21.2 Å². The summed E-state index contributed by atoms with van der Waals surface area (Å²) in [6.07, 6.45) is 2.44. The minimum absolute atomic E-state index is 0.000539. The summed E-state index contributed by atoms with van der Waals surface area (Å²) in [4.78, 5) is 18.8. The first-order valence-electron chi connectivity index (χ1n) is 9.96. The van der Waals surface area contributed by atoms with Gasteiger partial charge in [0.1, 0.15) is 5.75 Å². The van der Waals surface area contributed by atoms with Gasteiger partial charge in [-0.2, -0.15) is 0 Å². The molecule has 2 rings (SSSR count). The van der Waals surface area contributed by atoms with Crippen molar-refractivity contribution in [1.82, 2.24) is 20.9 Å². The minimum atomic E-state index is -0.524. The van der Waals surface area contributed by atoms with Gasteiger partial charge in [0.05, 0.1) is 18.6 Å². The van der Waals surface area contributed by atoms with E-state index in [0.29, 0.717) is 19.0 Å². The van der Waals surface area contributed by atoms with Crippen molar-refractivity contribution in [3.63, 3.8) is 0 Å². The maximum atomic E-state index is 12.0. The van der Waals surface area contributed by atoms with Gasteiger partial charge in [-0.3, -0.25) is 14.7 Å². The second-order valence-corrected chi connectivity index (χ2v) is 7.77. The molecule has 1 fully saturated rings. The van der Waals surface area contributed by atoms with Gasteiger partial charge in [-0.1, -0.05) is 18.2 Å². The fourth-order valence-corrected chi connectivity index (χ4v) is 3.57. The van der Waals surface area contributed by atoms with E-state index in [9.17, 15) is 4.79 Å². The van der Waals surface area contributed by atoms with Crippen LogP contribution in [0.15, 0.2) is 29.3 Å². The van der Waals surface area contributed by atoms with Crippen LogP contribution >= 0.6 is 0 Å². The first kappa shape index (κ1) is 22.0. The van der Waals surface area contributed by atoms with Crippen molar-refractivity contribution in [2.75, 3.05) is 47.4 Å². The number of hydrogen-bond acceptors (Lipinski definition) is 4. The predicted octanol–water partition coefficient (Wildman–Crippen LogP) is 1.77. The molecule has 1 heterocycles. The minimum Gasteiger partial charge on any atom is -0.496 e. The van der Waals surface area contributed by atoms with E-state index in [1.165, 1.54) is 18.4 Å². The summed E-state index contributed by atoms with van der Waals surface area (Å²) in [5, 5.41) is 9.42. The molecule has 0 saturated carbocycles. The lowest BCUT2D eigenvalue weighted by Crippen LogP contribution is -2.48. The molecule has 1 atom stereocenters. The second kappa shape index (κ2) is 10.3. The summed E-state index contributed by atoms with van der Waals surface area (Å²) in [6, 6.07) is 8.40. The Hall–Kier alpha value is -2.28. The number of ether oxygens (including phenoxy) is 1. The molecule has 0 aromatic heterocycles. The summed E-state index contributed by atoms with van der Waals surface area (Å²) in [5.74, 6) is 1.60. The Morgan fingerprint density at radius 2 is 1.93 bits per heavy atom. The summed E-state index contributed by atoms with van der Waals surface area (Å²) in [6.45, 7) is 7.19. The van der Waals surface area contributed by atoms with Crippen LogP contribution in [0.25, 0.3) is 0 Å². The lowest BCUT2D eigenvalue weighted by Gasteiger charge is -2.30. The predicted molar refractivity (Wildman–Crippen MR) is 114 cm³/mol. The first-order chi connectivity index (χ1) is 13.4. The van der Waals surface area contributed by atoms with Crippen LogP contribution in [0.4, 0.5) is 0 Å². The molecular weight excluding hydrogens is 354 g/mol. The number of rotatable bonds is 8. The number of amides is 1. The standard InChI is InChI=1S/C21H35N5O2/c1-21(2,19(27)22-3)15-25-20(23-4)24-14-17(26-12-8-9-13-26)16-10-6-7-11-18(16)28-5/h6-7,10-11,17H,8-9,12-15H2,1-5H3,(H,22,27)(H2,23,24,25). The van der Waals surface area contributed by atoms with Crippen LogP contribution in [0, 0.1) is 5.41 Å². The van der Waals surface area contributed by atoms with Crippen LogP contribution in [0.1, 0.15) is 38.3 Å². The number of guanidine groups is 1. The van der Waals surface area contributed by atoms with Crippen molar-refractivity contribution in [2.24, 2.45) is 10.4 Å². The van der Waals surface area contributed by atoms with Crippen molar-refractivity contribution in [1.29, 1.82) is 0 Å². The molecule has 28 heavy (non-hydrogen) atoms. The van der Waals surface area contributed by atoms with E-state index in [2.05, 4.69) is 38.0 Å². The highest BCUT2D eigenvalue weighted by molar-refractivity contribution is 5.84. The van der Waals surface area contributed by atoms with Crippen LogP contribution in [-0.4, -0.2) is 64.2 Å². The van der Waals surface area contributed by atoms with Crippen LogP contribution in [0.5, 0.6) is 5.75 Å². The third-order valence-electron chi connectivity index (χ3n) is 5.31. The lowest BCUT2D eigenvalue weighted by molar-refractivity contribution is -0.128. The van der Waals surface area contributed by atoms with E-state index in [0.717, 1.165) is 18.8 Å². The second-order valence-electron chi connectivity index (χ2n) is 7.77. The molecule has 1 aromatic carbocycles. The third kappa shape index (κ3) is 5.61. The molecule has 1 saturated heterocycles. The van der Waals surface area contributed by atoms with E-state index < -0.39 is 5.41 Å². The Labute approximate surface area is 168 Å². The van der Waals surface area contributed by atoms with E-state index in [1.807, 2.05) is 26.0 Å². The number of carbonyl (C=O) groups excluding carboxylic acids is 1. The van der Waals surface area contributed by atoms with Crippen LogP contribution < -0.4 is 20.7 Å². The van der Waals surface area contributed by atoms with Crippen molar-refractivity contribution in [3.05, 3.63) is 29.8 Å². The molecule has 0 bridgehead atoms. The van der Waals surface area contributed by atoms with Crippen LogP contribution in [-0.2, 0) is 4.79 Å². The van der Waals surface area contributed by atoms with Gasteiger partial charge in [0.15, 0.2) is 5.96 Å². The molecule has 0 spiro atoms. The normalized spacial score (nSPS) is 16.5. The topological polar surface area (TPSA) is 78.0 Å². The fraction of sp³-hybridized carbons (Fsp3) is 0.619. The van der Waals surface area contributed by atoms with E-state index in [-0.39, 0.29) is 11.9 Å². The van der Waals surface area contributed by atoms with Gasteiger partial charge in [-0.05, 0) is 45.8 Å². The van der Waals surface area contributed by atoms with Gasteiger partial charge in [-0.25, -0.2) is 0 Å². The highest BCUT2D eigenvalue weighted by Gasteiger charge is 2.28. The Morgan fingerprint density at radius 3 is 2.54 bits per heavy atom. The van der Waals surface area contributed by atoms with Crippen molar-refractivity contribution < 1.29 is 9.53 Å². The highest BCUT2D eigenvalue weighted by Crippen LogP contribution is 2.31. The zero-order valence-electron chi connectivity index (χ0n) is 17.8. The molecule has 1 aliphatic heterocycles. The molecular formula is C21H35N5O2. The molecule has 3 N–H and O–H groups in total. The van der Waals surface area contributed by atoms with Crippen molar-refractivity contribution >= 4 is 11.9 Å². The van der Waals surface area contributed by atoms with Gasteiger partial charge in [0.25, 0.3) is 0 Å². The van der Waals surface area contributed by atoms with Gasteiger partial charge >= 0.3 is 0 Å². The van der Waals surface area contributed by atoms with Crippen LogP contribution in [0.3, 0.4) is 0 Å². The zero-order valence-corrected chi connectivity index (χ0v) is 17.8. The Bertz CT molecular complexity index is 669. The molecule has 0 aliphatic carbocycles. The van der Waals surface area contributed by atoms with Crippen molar-refractivity contribution in [3.8, 4) is 5.75 Å². The number of carbonyl (C=O) groups is 1. The summed E-state index contributed by atoms with van der Waals surface area (Å²) >= 11 is 0. The number of likely N-dealkylation sites (tertiary alicyclic amines) is 1. The Kier molecular flexibility index (Phi) is 8.11. The molecule has 1 aliphatic rings. The maximum Gasteiger partial charge on any atom is 0.227 e. The number of methoxy groups -OCH3 is 1. The smallest absolute Gasteiger partial charge is 0.227 e. The first-order valence-corrected chi connectivity index (χ1v) is 9.96. The van der Waals surface area contributed by atoms with Gasteiger partial charge in [0.2, 0.25) is 5.91 Å². The van der Waals surface area contributed by atoms with Crippen LogP contribution in [0.2, 0.25) is 0 Å². The van der Waals surface area contributed by atoms with Crippen molar-refractivity contribution in [2.45, 2.75) is 32.7 Å². The Balaban J connectivity index is 2.06. The SMILES string of the molecule is CN=C(NCC(c1ccccc1OC)N1CCCC1)NCC(C)(C)C(=O)NC. The molecule has 156 valence electrons. The molecule has 7 heteroatoms. The number of benzene rings is 1. The van der Waals surface area contributed by atoms with Gasteiger partial charge in [-0.15, -0.1) is 0 Å². The molecule has 1 unspecified atom stereocenters. The monoisotopic (exact) mass is 389 g/mol. The van der Waals surface area contributed by atoms with Gasteiger partial charge in [0, 0.05) is 32.7 Å². The zero-order chi connectivity index (χ0) is 20.6. The number of aliphatic imine (C=N–C) groups is 1. The summed E-state index contributed by atoms with van der Waals surface area (Å²) < 4.78 is 5.61. The fourth-order valence-electron chi connectivity index (χ4n) is 3.57. The average Bonchev–Trinajstić information content (AvgIpc) is 3.24. The number of para-hydroxylation sites is 1. The Morgan fingerprint density at radius 1 is 1.25 bits per heavy atom. The molecule has 1 aromatic rings. The average molecular weight is 390 g/mol. The van der Waals surface area contributed by atoms with E-state index >= 15 is 0 Å². The largest absolute Gasteiger partial charge is 0.496 e. The van der Waals surface area contributed by atoms with Gasteiger partial charge < -0.3 is 20.7 Å². The summed E-state index contributed by atoms with van der Waals surface area (Å²) in [5.41, 5.74) is 0.657. The molecule has 0 radical (unpaired) electrons. The number of nitrogens with one attached hydrogen (secondary N) is 3. The number of nitrogens with zero attached hydrogens (tertiary/aromatic N) is 2. The summed E-state index contributed by atoms with van der Waals surface area (Å²) in [7, 11) is 5.12. The maximum absolute atomic E-state index is 12.0. The quantitative estimate of drug-likeness (QED) is 0.467.